The van der Waals surface area contributed by atoms with Crippen molar-refractivity contribution >= 4 is 0 Å². The first-order chi connectivity index (χ1) is 10.1. The van der Waals surface area contributed by atoms with E-state index in [0.717, 1.165) is 34.8 Å². The van der Waals surface area contributed by atoms with Gasteiger partial charge in [0.1, 0.15) is 12.4 Å². The molecule has 0 saturated heterocycles. The quantitative estimate of drug-likeness (QED) is 0.877. The summed E-state index contributed by atoms with van der Waals surface area (Å²) in [7, 11) is 0. The number of aromatic nitrogens is 2. The van der Waals surface area contributed by atoms with Crippen molar-refractivity contribution in [3.63, 3.8) is 0 Å². The molecule has 2 rings (SSSR count). The Bertz CT molecular complexity index is 677. The van der Waals surface area contributed by atoms with Crippen LogP contribution in [0.4, 0.5) is 0 Å². The van der Waals surface area contributed by atoms with Gasteiger partial charge in [-0.25, -0.2) is 0 Å². The molecule has 21 heavy (non-hydrogen) atoms. The first-order valence-corrected chi connectivity index (χ1v) is 7.09. The molecule has 0 spiro atoms. The van der Waals surface area contributed by atoms with Gasteiger partial charge in [0, 0.05) is 12.1 Å². The first kappa shape index (κ1) is 15.1. The van der Waals surface area contributed by atoms with Crippen molar-refractivity contribution in [1.82, 2.24) is 9.78 Å². The highest BCUT2D eigenvalue weighted by Crippen LogP contribution is 2.18. The van der Waals surface area contributed by atoms with Crippen LogP contribution in [0.2, 0.25) is 0 Å². The summed E-state index contributed by atoms with van der Waals surface area (Å²) in [5.41, 5.74) is 9.57. The van der Waals surface area contributed by atoms with E-state index in [2.05, 4.69) is 29.9 Å². The summed E-state index contributed by atoms with van der Waals surface area (Å²) in [6, 6.07) is 7.96. The van der Waals surface area contributed by atoms with E-state index in [4.69, 9.17) is 10.5 Å². The maximum absolute atomic E-state index is 5.85. The van der Waals surface area contributed by atoms with Crippen molar-refractivity contribution in [2.75, 3.05) is 6.54 Å². The summed E-state index contributed by atoms with van der Waals surface area (Å²) in [5, 5.41) is 4.41. The van der Waals surface area contributed by atoms with Crippen LogP contribution in [0, 0.1) is 25.7 Å². The lowest BCUT2D eigenvalue weighted by atomic mass is 10.1. The molecule has 0 saturated carbocycles. The molecule has 0 aliphatic rings. The van der Waals surface area contributed by atoms with Crippen LogP contribution in [0.5, 0.6) is 5.75 Å². The average Bonchev–Trinajstić information content (AvgIpc) is 2.84. The monoisotopic (exact) mass is 283 g/mol. The van der Waals surface area contributed by atoms with Crippen LogP contribution >= 0.6 is 0 Å². The topological polar surface area (TPSA) is 53.1 Å². The average molecular weight is 283 g/mol. The summed E-state index contributed by atoms with van der Waals surface area (Å²) in [5.74, 6) is 6.76. The molecular weight excluding hydrogens is 262 g/mol. The zero-order chi connectivity index (χ0) is 15.2. The minimum absolute atomic E-state index is 0.373. The van der Waals surface area contributed by atoms with Crippen molar-refractivity contribution in [2.45, 2.75) is 33.9 Å². The van der Waals surface area contributed by atoms with E-state index in [1.165, 1.54) is 0 Å². The zero-order valence-corrected chi connectivity index (χ0v) is 12.8. The van der Waals surface area contributed by atoms with Crippen LogP contribution in [0.3, 0.4) is 0 Å². The Morgan fingerprint density at radius 2 is 2.10 bits per heavy atom. The molecule has 1 aromatic carbocycles. The zero-order valence-electron chi connectivity index (χ0n) is 12.8. The molecule has 4 nitrogen and oxygen atoms in total. The minimum Gasteiger partial charge on any atom is -0.487 e. The van der Waals surface area contributed by atoms with E-state index in [-0.39, 0.29) is 0 Å². The largest absolute Gasteiger partial charge is 0.487 e. The van der Waals surface area contributed by atoms with Crippen molar-refractivity contribution in [3.8, 4) is 17.6 Å². The van der Waals surface area contributed by atoms with E-state index in [9.17, 15) is 0 Å². The van der Waals surface area contributed by atoms with Crippen LogP contribution in [0.15, 0.2) is 24.3 Å². The molecular formula is C17H21N3O. The highest BCUT2D eigenvalue weighted by atomic mass is 16.5. The van der Waals surface area contributed by atoms with Crippen molar-refractivity contribution < 1.29 is 4.74 Å². The predicted molar refractivity (Wildman–Crippen MR) is 84.1 cm³/mol. The molecule has 2 aromatic rings. The molecule has 0 aliphatic carbocycles. The number of aryl methyl sites for hydroxylation is 3. The fraction of sp³-hybridized carbons (Fsp3) is 0.353. The normalized spacial score (nSPS) is 10.1. The molecule has 110 valence electrons. The van der Waals surface area contributed by atoms with E-state index in [1.807, 2.05) is 36.7 Å². The van der Waals surface area contributed by atoms with E-state index >= 15 is 0 Å². The van der Waals surface area contributed by atoms with Gasteiger partial charge in [-0.1, -0.05) is 11.8 Å². The third kappa shape index (κ3) is 3.87. The second kappa shape index (κ2) is 6.96. The lowest BCUT2D eigenvalue weighted by molar-refractivity contribution is 0.292. The third-order valence-electron chi connectivity index (χ3n) is 3.19. The third-order valence-corrected chi connectivity index (χ3v) is 3.19. The fourth-order valence-electron chi connectivity index (χ4n) is 2.16. The number of nitrogens with zero attached hydrogens (tertiary/aromatic N) is 2. The van der Waals surface area contributed by atoms with Gasteiger partial charge in [0.15, 0.2) is 0 Å². The first-order valence-electron chi connectivity index (χ1n) is 7.09. The van der Waals surface area contributed by atoms with Gasteiger partial charge >= 0.3 is 0 Å². The van der Waals surface area contributed by atoms with E-state index < -0.39 is 0 Å². The van der Waals surface area contributed by atoms with Gasteiger partial charge in [-0.15, -0.1) is 0 Å². The number of hydrogen-bond acceptors (Lipinski definition) is 3. The number of nitrogens with two attached hydrogens (primary N) is 1. The van der Waals surface area contributed by atoms with Crippen LogP contribution in [0.25, 0.3) is 0 Å². The smallest absolute Gasteiger partial charge is 0.130 e. The van der Waals surface area contributed by atoms with E-state index in [0.29, 0.717) is 13.2 Å². The Morgan fingerprint density at radius 3 is 2.76 bits per heavy atom. The SMILES string of the molecule is CCn1nc(C)cc1COc1ccc(C#CCN)c(C)c1. The predicted octanol–water partition coefficient (Wildman–Crippen LogP) is 2.41. The molecule has 0 aliphatic heterocycles. The Kier molecular flexibility index (Phi) is 5.02. The Morgan fingerprint density at radius 1 is 1.29 bits per heavy atom. The van der Waals surface area contributed by atoms with Crippen LogP contribution < -0.4 is 10.5 Å². The number of ether oxygens (including phenoxy) is 1. The Labute approximate surface area is 125 Å². The molecule has 2 N–H and O–H groups in total. The lowest BCUT2D eigenvalue weighted by Crippen LogP contribution is -2.06. The van der Waals surface area contributed by atoms with Crippen LogP contribution in [-0.2, 0) is 13.2 Å². The Hall–Kier alpha value is -2.25. The molecule has 0 fully saturated rings. The minimum atomic E-state index is 0.373. The molecule has 0 atom stereocenters. The van der Waals surface area contributed by atoms with Gasteiger partial charge in [0.2, 0.25) is 0 Å². The fourth-order valence-corrected chi connectivity index (χ4v) is 2.16. The standard InChI is InChI=1S/C17H21N3O/c1-4-20-16(11-14(3)19-20)12-21-17-8-7-15(6-5-9-18)13(2)10-17/h7-8,10-11H,4,9,12,18H2,1-3H3. The van der Waals surface area contributed by atoms with Crippen molar-refractivity contribution in [2.24, 2.45) is 5.73 Å². The molecule has 1 aromatic heterocycles. The molecule has 0 amide bonds. The van der Waals surface area contributed by atoms with Gasteiger partial charge in [-0.05, 0) is 50.6 Å². The van der Waals surface area contributed by atoms with Gasteiger partial charge in [-0.2, -0.15) is 5.10 Å². The summed E-state index contributed by atoms with van der Waals surface area (Å²) in [6.45, 7) is 7.82. The van der Waals surface area contributed by atoms with Crippen molar-refractivity contribution in [3.05, 3.63) is 46.8 Å². The highest BCUT2D eigenvalue weighted by Gasteiger charge is 2.05. The second-order valence-electron chi connectivity index (χ2n) is 4.86. The molecule has 0 radical (unpaired) electrons. The van der Waals surface area contributed by atoms with E-state index in [1.54, 1.807) is 0 Å². The molecule has 0 unspecified atom stereocenters. The highest BCUT2D eigenvalue weighted by molar-refractivity contribution is 5.44. The summed E-state index contributed by atoms with van der Waals surface area (Å²) >= 11 is 0. The number of rotatable bonds is 4. The number of hydrogen-bond donors (Lipinski definition) is 1. The van der Waals surface area contributed by atoms with Crippen LogP contribution in [0.1, 0.15) is 29.4 Å². The van der Waals surface area contributed by atoms with Gasteiger partial charge in [0.25, 0.3) is 0 Å². The van der Waals surface area contributed by atoms with Gasteiger partial charge in [-0.3, -0.25) is 4.68 Å². The van der Waals surface area contributed by atoms with Gasteiger partial charge < -0.3 is 10.5 Å². The summed E-state index contributed by atoms with van der Waals surface area (Å²) in [4.78, 5) is 0. The maximum Gasteiger partial charge on any atom is 0.130 e. The van der Waals surface area contributed by atoms with Crippen LogP contribution in [-0.4, -0.2) is 16.3 Å². The second-order valence-corrected chi connectivity index (χ2v) is 4.86. The molecule has 0 bridgehead atoms. The summed E-state index contributed by atoms with van der Waals surface area (Å²) < 4.78 is 7.82. The molecule has 1 heterocycles. The van der Waals surface area contributed by atoms with Gasteiger partial charge in [0.05, 0.1) is 17.9 Å². The van der Waals surface area contributed by atoms with Crippen molar-refractivity contribution in [1.29, 1.82) is 0 Å². The maximum atomic E-state index is 5.85. The number of benzene rings is 1. The lowest BCUT2D eigenvalue weighted by Gasteiger charge is -2.09. The summed E-state index contributed by atoms with van der Waals surface area (Å²) in [6.07, 6.45) is 0. The molecule has 4 heteroatoms. The Balaban J connectivity index is 2.08.